The summed E-state index contributed by atoms with van der Waals surface area (Å²) in [6, 6.07) is -3.56. The van der Waals surface area contributed by atoms with Gasteiger partial charge in [0.25, 0.3) is 0 Å². The summed E-state index contributed by atoms with van der Waals surface area (Å²) < 4.78 is 23.5. The van der Waals surface area contributed by atoms with Crippen molar-refractivity contribution in [3.63, 3.8) is 0 Å². The fourth-order valence-electron chi connectivity index (χ4n) is 6.45. The summed E-state index contributed by atoms with van der Waals surface area (Å²) in [5.41, 5.74) is 7.75. The Bertz CT molecular complexity index is 2050. The van der Waals surface area contributed by atoms with Crippen molar-refractivity contribution in [2.24, 2.45) is 5.11 Å². The van der Waals surface area contributed by atoms with Gasteiger partial charge in [-0.05, 0) is 87.6 Å². The number of carboxylic acids is 2. The first kappa shape index (κ1) is 65.8. The van der Waals surface area contributed by atoms with Gasteiger partial charge in [-0.25, -0.2) is 28.8 Å². The molecule has 3 aliphatic rings. The number of ether oxygens (including phenoxy) is 4. The second-order valence-corrected chi connectivity index (χ2v) is 17.7. The number of likely N-dealkylation sites (tertiary alicyclic amines) is 3. The zero-order chi connectivity index (χ0) is 48.9. The first-order valence-electron chi connectivity index (χ1n) is 20.1. The molecule has 0 bridgehead atoms. The van der Waals surface area contributed by atoms with Crippen LogP contribution in [-0.2, 0) is 131 Å². The van der Waals surface area contributed by atoms with Crippen LogP contribution in [0.15, 0.2) is 5.11 Å². The van der Waals surface area contributed by atoms with E-state index in [9.17, 15) is 39.0 Å². The first-order chi connectivity index (χ1) is 29.6. The number of hydrogen-bond acceptors (Lipinski definition) is 15. The average molecular weight is 1170 g/mol. The fourth-order valence-corrected chi connectivity index (χ4v) is 6.45. The second kappa shape index (κ2) is 29.0. The van der Waals surface area contributed by atoms with Crippen molar-refractivity contribution in [1.82, 2.24) is 44.7 Å². The zero-order valence-corrected chi connectivity index (χ0v) is 48.8. The third kappa shape index (κ3) is 21.5. The Morgan fingerprint density at radius 1 is 0.746 bits per heavy atom. The van der Waals surface area contributed by atoms with Crippen LogP contribution in [0.1, 0.15) is 112 Å². The molecule has 0 aliphatic carbocycles. The maximum absolute atomic E-state index is 12.2. The van der Waals surface area contributed by atoms with Crippen LogP contribution in [0, 0.1) is 38.6 Å². The predicted molar refractivity (Wildman–Crippen MR) is 222 cm³/mol. The normalized spacial score (nSPS) is 20.6. The topological polar surface area (TPSA) is 300 Å². The molecular formula is C40H59N12O12Y3-3. The summed E-state index contributed by atoms with van der Waals surface area (Å²) in [4.78, 5) is 77.1. The smallest absolute Gasteiger partial charge is 0.411 e. The number of aromatic nitrogens is 6. The Labute approximate surface area is 466 Å². The van der Waals surface area contributed by atoms with Crippen LogP contribution in [0.25, 0.3) is 10.4 Å². The van der Waals surface area contributed by atoms with Crippen molar-refractivity contribution < 1.29 is 156 Å². The van der Waals surface area contributed by atoms with Crippen molar-refractivity contribution >= 4 is 36.2 Å². The van der Waals surface area contributed by atoms with Crippen molar-refractivity contribution in [3.05, 3.63) is 40.6 Å². The van der Waals surface area contributed by atoms with E-state index in [1.165, 1.54) is 26.5 Å². The maximum Gasteiger partial charge on any atom is 0.411 e. The Morgan fingerprint density at radius 3 is 1.51 bits per heavy atom. The van der Waals surface area contributed by atoms with E-state index < -0.39 is 77.2 Å². The van der Waals surface area contributed by atoms with Crippen molar-refractivity contribution in [1.29, 1.82) is 0 Å². The minimum absolute atomic E-state index is 0. The second-order valence-electron chi connectivity index (χ2n) is 17.7. The Balaban J connectivity index is 0. The largest absolute Gasteiger partial charge is 0.694 e. The van der Waals surface area contributed by atoms with Crippen LogP contribution in [0.4, 0.5) is 14.4 Å². The van der Waals surface area contributed by atoms with Gasteiger partial charge in [0.05, 0.1) is 19.2 Å². The molecule has 67 heavy (non-hydrogen) atoms. The molecule has 2 aromatic rings. The van der Waals surface area contributed by atoms with E-state index in [1.807, 2.05) is 5.92 Å². The summed E-state index contributed by atoms with van der Waals surface area (Å²) in [7, 11) is 1.25. The number of carbonyl (C=O) groups excluding carboxylic acids is 4. The van der Waals surface area contributed by atoms with Gasteiger partial charge in [0.2, 0.25) is 0 Å². The van der Waals surface area contributed by atoms with Crippen LogP contribution >= 0.6 is 0 Å². The van der Waals surface area contributed by atoms with E-state index in [-0.39, 0.29) is 149 Å². The number of azide groups is 1. The van der Waals surface area contributed by atoms with Crippen molar-refractivity contribution in [3.8, 4) is 5.92 Å². The van der Waals surface area contributed by atoms with Crippen LogP contribution < -0.4 is 0 Å². The number of carboxylic acid groups (broad SMARTS) is 2. The number of carbonyl (C=O) groups is 6. The van der Waals surface area contributed by atoms with Gasteiger partial charge in [-0.1, -0.05) is 19.0 Å². The number of hydrogen-bond donors (Lipinski definition) is 2. The van der Waals surface area contributed by atoms with Gasteiger partial charge < -0.3 is 63.7 Å². The zero-order valence-electron chi connectivity index (χ0n) is 40.3. The van der Waals surface area contributed by atoms with Crippen LogP contribution in [0.3, 0.4) is 0 Å². The summed E-state index contributed by atoms with van der Waals surface area (Å²) in [5, 5.41) is 37.5. The molecule has 3 amide bonds. The van der Waals surface area contributed by atoms with Crippen LogP contribution in [0.2, 0.25) is 0 Å². The van der Waals surface area contributed by atoms with E-state index in [2.05, 4.69) is 47.8 Å². The van der Waals surface area contributed by atoms with Gasteiger partial charge in [-0.15, -0.1) is 21.8 Å². The van der Waals surface area contributed by atoms with Gasteiger partial charge in [0, 0.05) is 135 Å². The minimum Gasteiger partial charge on any atom is -0.694 e. The monoisotopic (exact) mass is 1170 g/mol. The van der Waals surface area contributed by atoms with Crippen LogP contribution in [0.5, 0.6) is 0 Å². The molecule has 5 heterocycles. The van der Waals surface area contributed by atoms with E-state index in [0.29, 0.717) is 11.4 Å². The number of aliphatic carboxylic acids is 2. The predicted octanol–water partition coefficient (Wildman–Crippen LogP) is 4.48. The maximum atomic E-state index is 12.2. The molecular weight excluding hydrogens is 1110 g/mol. The number of methoxy groups -OCH3 is 1. The molecule has 3 saturated heterocycles. The van der Waals surface area contributed by atoms with E-state index >= 15 is 0 Å². The number of rotatable bonds is 6. The fraction of sp³-hybridized carbons (Fsp3) is 0.700. The molecule has 6 atom stereocenters. The molecule has 0 unspecified atom stereocenters. The number of esters is 1. The Morgan fingerprint density at radius 2 is 1.16 bits per heavy atom. The molecule has 2 aromatic heterocycles. The summed E-state index contributed by atoms with van der Waals surface area (Å²) >= 11 is 0. The molecule has 27 heteroatoms. The van der Waals surface area contributed by atoms with Gasteiger partial charge in [0.1, 0.15) is 34.9 Å². The molecule has 3 radical (unpaired) electrons. The molecule has 24 nitrogen and oxygen atoms in total. The van der Waals surface area contributed by atoms with Gasteiger partial charge in [-0.3, -0.25) is 19.4 Å². The summed E-state index contributed by atoms with van der Waals surface area (Å²) in [6.45, 7) is 21.3. The Hall–Kier alpha value is -3.32. The minimum atomic E-state index is -1.06. The quantitative estimate of drug-likeness (QED) is 0.0766. The molecule has 0 aromatic carbocycles. The average Bonchev–Trinajstić information content (AvgIpc) is 4.00. The molecule has 5 rings (SSSR count). The molecule has 363 valence electrons. The molecule has 0 spiro atoms. The number of nitrogens with zero attached hydrogens (tertiary/aromatic N) is 12. The van der Waals surface area contributed by atoms with Crippen molar-refractivity contribution in [2.75, 3.05) is 26.7 Å². The number of aryl methyl sites for hydroxylation is 2. The van der Waals surface area contributed by atoms with Crippen molar-refractivity contribution in [2.45, 2.75) is 155 Å². The Kier molecular flexibility index (Phi) is 28.5. The molecule has 2 N–H and O–H groups in total. The first-order valence-corrected chi connectivity index (χ1v) is 20.1. The van der Waals surface area contributed by atoms with Crippen LogP contribution in [-0.4, -0.2) is 159 Å². The SMILES string of the molecule is COC(=O)[C@@H]1C[C@@H](N=[N+]=[N-])CN1C(=O)OC(C)(C)C.Cc1[c-]n([C@@H]2C[C@@H](C(=O)O)N(C(=O)OC(C)(C)C)C2)nn1.Cc1[c-]nnn1[C@@H]1C[C@@H](C(=O)O)N(C(=O)OC(C)(C)C)C1.[C-]#CC.[Y].[Y].[Y]. The summed E-state index contributed by atoms with van der Waals surface area (Å²) in [6.07, 6.45) is 10.5. The van der Waals surface area contributed by atoms with Gasteiger partial charge >= 0.3 is 36.2 Å². The third-order valence-electron chi connectivity index (χ3n) is 8.94. The van der Waals surface area contributed by atoms with E-state index in [1.54, 1.807) is 87.8 Å². The van der Waals surface area contributed by atoms with E-state index in [4.69, 9.17) is 26.2 Å². The molecule has 0 saturated carbocycles. The standard InChI is InChI=1S/2C13H19N4O4.C11H18N4O4.C3H3.3Y/c1-8-6-17(15-14-8)9-5-10(11(18)19)16(7-9)12(20)21-13(2,3)4;1-8-6-14-15-17(8)9-5-10(11(18)19)16(7-9)12(20)21-13(2,3)4;1-11(2,3)19-10(17)15-6-7(13-14-12)5-8(15)9(16)18-4;1-3-2;;;/h2*9-10H,5,7H2,1-4H3,(H,18,19);7-8H,5-6H2,1-4H3;1H3;;;/q2*-1;;-1;;;/t2*9-,10+;7-,8+;;;;/m111..../s1. The van der Waals surface area contributed by atoms with Gasteiger partial charge in [0.15, 0.2) is 0 Å². The third-order valence-corrected chi connectivity index (χ3v) is 8.94. The molecule has 3 fully saturated rings. The summed E-state index contributed by atoms with van der Waals surface area (Å²) in [5.74, 6) is -0.646. The number of amides is 3. The van der Waals surface area contributed by atoms with E-state index in [0.717, 1.165) is 0 Å². The van der Waals surface area contributed by atoms with Gasteiger partial charge in [-0.2, -0.15) is 5.10 Å². The molecule has 3 aliphatic heterocycles.